The molecule has 1 amide bonds. The maximum atomic E-state index is 12.1. The monoisotopic (exact) mass is 363 g/mol. The van der Waals surface area contributed by atoms with E-state index in [2.05, 4.69) is 21.2 Å². The summed E-state index contributed by atoms with van der Waals surface area (Å²) in [7, 11) is 0. The zero-order valence-electron chi connectivity index (χ0n) is 10.5. The van der Waals surface area contributed by atoms with E-state index in [4.69, 9.17) is 23.2 Å². The van der Waals surface area contributed by atoms with E-state index in [1.54, 1.807) is 18.2 Å². The average Bonchev–Trinajstić information content (AvgIpc) is 2.38. The zero-order valence-corrected chi connectivity index (χ0v) is 13.6. The maximum Gasteiger partial charge on any atom is 0.254 e. The molecule has 0 heterocycles. The van der Waals surface area contributed by atoms with Crippen LogP contribution in [0.15, 0.2) is 18.2 Å². The van der Waals surface area contributed by atoms with Crippen molar-refractivity contribution in [3.8, 4) is 0 Å². The molecule has 1 aromatic rings. The number of rotatable bonds is 3. The zero-order chi connectivity index (χ0) is 13.8. The van der Waals surface area contributed by atoms with Crippen LogP contribution in [0.4, 0.5) is 0 Å². The highest BCUT2D eigenvalue weighted by atomic mass is 79.9. The van der Waals surface area contributed by atoms with Gasteiger partial charge in [-0.1, -0.05) is 45.2 Å². The van der Waals surface area contributed by atoms with Crippen LogP contribution in [0.2, 0.25) is 10.0 Å². The predicted octanol–water partition coefficient (Wildman–Crippen LogP) is 4.68. The predicted molar refractivity (Wildman–Crippen MR) is 83.5 cm³/mol. The van der Waals surface area contributed by atoms with Gasteiger partial charge in [0.1, 0.15) is 0 Å². The van der Waals surface area contributed by atoms with Crippen molar-refractivity contribution in [3.05, 3.63) is 33.8 Å². The number of halogens is 3. The molecule has 1 saturated carbocycles. The fraction of sp³-hybridized carbons (Fsp3) is 0.500. The van der Waals surface area contributed by atoms with Gasteiger partial charge in [0.2, 0.25) is 0 Å². The van der Waals surface area contributed by atoms with Crippen LogP contribution in [-0.4, -0.2) is 17.3 Å². The van der Waals surface area contributed by atoms with Gasteiger partial charge in [-0.15, -0.1) is 0 Å². The van der Waals surface area contributed by atoms with Crippen LogP contribution >= 0.6 is 39.1 Å². The van der Waals surface area contributed by atoms with Gasteiger partial charge in [0.15, 0.2) is 0 Å². The molecule has 1 fully saturated rings. The van der Waals surface area contributed by atoms with Crippen molar-refractivity contribution < 1.29 is 4.79 Å². The second-order valence-electron chi connectivity index (χ2n) is 4.92. The summed E-state index contributed by atoms with van der Waals surface area (Å²) in [5.74, 6) is 0.371. The summed E-state index contributed by atoms with van der Waals surface area (Å²) in [6.45, 7) is 0.695. The van der Waals surface area contributed by atoms with Crippen LogP contribution in [0, 0.1) is 5.92 Å². The molecule has 2 rings (SSSR count). The Kier molecular flexibility index (Phi) is 5.55. The normalized spacial score (nSPS) is 23.1. The van der Waals surface area contributed by atoms with Gasteiger partial charge in [0.05, 0.1) is 15.6 Å². The molecule has 0 aromatic heterocycles. The van der Waals surface area contributed by atoms with Crippen LogP contribution in [0.3, 0.4) is 0 Å². The first-order valence-electron chi connectivity index (χ1n) is 6.44. The van der Waals surface area contributed by atoms with Crippen LogP contribution in [-0.2, 0) is 0 Å². The third-order valence-corrected chi connectivity index (χ3v) is 5.06. The van der Waals surface area contributed by atoms with Crippen molar-refractivity contribution in [2.45, 2.75) is 30.5 Å². The molecule has 5 heteroatoms. The lowest BCUT2D eigenvalue weighted by molar-refractivity contribution is 0.0944. The highest BCUT2D eigenvalue weighted by Crippen LogP contribution is 2.28. The lowest BCUT2D eigenvalue weighted by Gasteiger charge is -2.25. The van der Waals surface area contributed by atoms with Gasteiger partial charge < -0.3 is 5.32 Å². The van der Waals surface area contributed by atoms with E-state index in [9.17, 15) is 4.79 Å². The summed E-state index contributed by atoms with van der Waals surface area (Å²) in [6.07, 6.45) is 4.64. The Bertz CT molecular complexity index is 439. The van der Waals surface area contributed by atoms with Crippen molar-refractivity contribution in [1.29, 1.82) is 0 Å². The van der Waals surface area contributed by atoms with Crippen LogP contribution in [0.5, 0.6) is 0 Å². The number of carbonyl (C=O) groups excluding carboxylic acids is 1. The highest BCUT2D eigenvalue weighted by molar-refractivity contribution is 9.09. The molecule has 104 valence electrons. The van der Waals surface area contributed by atoms with Crippen molar-refractivity contribution in [3.63, 3.8) is 0 Å². The van der Waals surface area contributed by atoms with E-state index in [1.165, 1.54) is 12.8 Å². The first kappa shape index (κ1) is 15.1. The van der Waals surface area contributed by atoms with E-state index >= 15 is 0 Å². The first-order chi connectivity index (χ1) is 9.08. The number of carbonyl (C=O) groups is 1. The van der Waals surface area contributed by atoms with Crippen molar-refractivity contribution in [2.24, 2.45) is 5.92 Å². The topological polar surface area (TPSA) is 29.1 Å². The van der Waals surface area contributed by atoms with E-state index in [1.807, 2.05) is 0 Å². The van der Waals surface area contributed by atoms with Gasteiger partial charge in [0.25, 0.3) is 5.91 Å². The summed E-state index contributed by atoms with van der Waals surface area (Å²) >= 11 is 15.7. The van der Waals surface area contributed by atoms with E-state index in [-0.39, 0.29) is 5.91 Å². The lowest BCUT2D eigenvalue weighted by Crippen LogP contribution is -2.31. The van der Waals surface area contributed by atoms with Crippen molar-refractivity contribution in [2.75, 3.05) is 6.54 Å². The van der Waals surface area contributed by atoms with E-state index < -0.39 is 0 Å². The Morgan fingerprint density at radius 3 is 2.37 bits per heavy atom. The second-order valence-corrected chi connectivity index (χ2v) is 7.03. The van der Waals surface area contributed by atoms with Gasteiger partial charge in [-0.05, 0) is 43.7 Å². The number of alkyl halides is 1. The Hall–Kier alpha value is -0.250. The molecule has 0 atom stereocenters. The maximum absolute atomic E-state index is 12.1. The third kappa shape index (κ3) is 4.11. The standard InChI is InChI=1S/C14H16BrCl2NO/c15-10-6-4-9(5-7-10)8-18-14(19)13-11(16)2-1-3-12(13)17/h1-3,9-10H,4-8H2,(H,18,19). The third-order valence-electron chi connectivity index (χ3n) is 3.52. The number of amides is 1. The molecule has 0 aliphatic heterocycles. The summed E-state index contributed by atoms with van der Waals surface area (Å²) < 4.78 is 0. The van der Waals surface area contributed by atoms with Gasteiger partial charge in [-0.2, -0.15) is 0 Å². The average molecular weight is 365 g/mol. The fourth-order valence-corrected chi connectivity index (χ4v) is 3.46. The Balaban J connectivity index is 1.91. The lowest BCUT2D eigenvalue weighted by atomic mass is 9.89. The highest BCUT2D eigenvalue weighted by Gasteiger charge is 2.21. The number of benzene rings is 1. The quantitative estimate of drug-likeness (QED) is 0.775. The fourth-order valence-electron chi connectivity index (χ4n) is 2.37. The smallest absolute Gasteiger partial charge is 0.254 e. The first-order valence-corrected chi connectivity index (χ1v) is 8.11. The van der Waals surface area contributed by atoms with Crippen molar-refractivity contribution >= 4 is 45.0 Å². The minimum absolute atomic E-state index is 0.184. The summed E-state index contributed by atoms with van der Waals surface area (Å²) in [5.41, 5.74) is 0.375. The number of nitrogens with one attached hydrogen (secondary N) is 1. The molecule has 0 bridgehead atoms. The molecule has 0 saturated heterocycles. The van der Waals surface area contributed by atoms with Gasteiger partial charge >= 0.3 is 0 Å². The second kappa shape index (κ2) is 6.96. The molecule has 0 spiro atoms. The molecule has 0 unspecified atom stereocenters. The largest absolute Gasteiger partial charge is 0.352 e. The minimum Gasteiger partial charge on any atom is -0.352 e. The summed E-state index contributed by atoms with van der Waals surface area (Å²) in [4.78, 5) is 12.7. The molecular formula is C14H16BrCl2NO. The molecule has 1 aliphatic carbocycles. The molecular weight excluding hydrogens is 349 g/mol. The van der Waals surface area contributed by atoms with Gasteiger partial charge in [0, 0.05) is 11.4 Å². The van der Waals surface area contributed by atoms with Crippen LogP contribution < -0.4 is 5.32 Å². The number of hydrogen-bond donors (Lipinski definition) is 1. The van der Waals surface area contributed by atoms with Crippen LogP contribution in [0.25, 0.3) is 0 Å². The summed E-state index contributed by atoms with van der Waals surface area (Å²) in [6, 6.07) is 5.09. The molecule has 19 heavy (non-hydrogen) atoms. The van der Waals surface area contributed by atoms with E-state index in [0.29, 0.717) is 32.9 Å². The Morgan fingerprint density at radius 1 is 1.21 bits per heavy atom. The van der Waals surface area contributed by atoms with E-state index in [0.717, 1.165) is 12.8 Å². The number of hydrogen-bond acceptors (Lipinski definition) is 1. The van der Waals surface area contributed by atoms with Crippen molar-refractivity contribution in [1.82, 2.24) is 5.32 Å². The Morgan fingerprint density at radius 2 is 1.79 bits per heavy atom. The summed E-state index contributed by atoms with van der Waals surface area (Å²) in [5, 5.41) is 3.74. The van der Waals surface area contributed by atoms with Gasteiger partial charge in [-0.25, -0.2) is 0 Å². The molecule has 0 radical (unpaired) electrons. The van der Waals surface area contributed by atoms with Crippen LogP contribution in [0.1, 0.15) is 36.0 Å². The Labute approximate surface area is 132 Å². The SMILES string of the molecule is O=C(NCC1CCC(Br)CC1)c1c(Cl)cccc1Cl. The molecule has 2 nitrogen and oxygen atoms in total. The van der Waals surface area contributed by atoms with Gasteiger partial charge in [-0.3, -0.25) is 4.79 Å². The molecule has 1 N–H and O–H groups in total. The molecule has 1 aliphatic rings. The minimum atomic E-state index is -0.184. The molecule has 1 aromatic carbocycles.